The lowest BCUT2D eigenvalue weighted by Gasteiger charge is -2.08. The minimum atomic E-state index is -3.74. The van der Waals surface area contributed by atoms with Crippen molar-refractivity contribution < 1.29 is 8.42 Å². The van der Waals surface area contributed by atoms with Crippen molar-refractivity contribution in [1.82, 2.24) is 5.32 Å². The molecule has 1 rings (SSSR count). The van der Waals surface area contributed by atoms with E-state index in [2.05, 4.69) is 5.32 Å². The Hall–Kier alpha value is -1.45. The van der Waals surface area contributed by atoms with Crippen LogP contribution in [0.5, 0.6) is 0 Å². The number of benzene rings is 1. The summed E-state index contributed by atoms with van der Waals surface area (Å²) in [7, 11) is -2.15. The number of nitrogens with zero attached hydrogens (tertiary/aromatic N) is 1. The van der Waals surface area contributed by atoms with Crippen LogP contribution < -0.4 is 5.32 Å². The normalized spacial score (nSPS) is 12.5. The lowest BCUT2D eigenvalue weighted by molar-refractivity contribution is 0.603. The van der Waals surface area contributed by atoms with Crippen LogP contribution in [0.3, 0.4) is 0 Å². The molecule has 0 atom stereocenters. The van der Waals surface area contributed by atoms with Gasteiger partial charge >= 0.3 is 0 Å². The first-order chi connectivity index (χ1) is 8.07. The van der Waals surface area contributed by atoms with Gasteiger partial charge < -0.3 is 5.32 Å². The molecular formula is C11H12N2O2S2. The highest BCUT2D eigenvalue weighted by atomic mass is 32.2. The number of sulfone groups is 1. The largest absolute Gasteiger partial charge is 0.381 e. The SMILES string of the molecule is CN/C(SC)=C(\C#N)S(=O)(=O)c1ccccc1. The lowest BCUT2D eigenvalue weighted by Crippen LogP contribution is -2.12. The molecule has 1 N–H and O–H groups in total. The third-order valence-electron chi connectivity index (χ3n) is 2.06. The van der Waals surface area contributed by atoms with Gasteiger partial charge in [-0.1, -0.05) is 18.2 Å². The van der Waals surface area contributed by atoms with E-state index in [1.807, 2.05) is 0 Å². The Labute approximate surface area is 105 Å². The minimum Gasteiger partial charge on any atom is -0.381 e. The van der Waals surface area contributed by atoms with Gasteiger partial charge in [0.1, 0.15) is 6.07 Å². The summed E-state index contributed by atoms with van der Waals surface area (Å²) >= 11 is 1.19. The Balaban J connectivity index is 3.42. The van der Waals surface area contributed by atoms with Crippen LogP contribution in [0.1, 0.15) is 0 Å². The predicted molar refractivity (Wildman–Crippen MR) is 68.8 cm³/mol. The van der Waals surface area contributed by atoms with Crippen molar-refractivity contribution in [2.75, 3.05) is 13.3 Å². The van der Waals surface area contributed by atoms with Gasteiger partial charge in [-0.2, -0.15) is 5.26 Å². The predicted octanol–water partition coefficient (Wildman–Crippen LogP) is 1.74. The van der Waals surface area contributed by atoms with Crippen LogP contribution in [0.2, 0.25) is 0 Å². The van der Waals surface area contributed by atoms with Crippen molar-refractivity contribution in [3.05, 3.63) is 40.3 Å². The molecule has 0 radical (unpaired) electrons. The summed E-state index contributed by atoms with van der Waals surface area (Å²) in [6.45, 7) is 0. The van der Waals surface area contributed by atoms with Crippen LogP contribution >= 0.6 is 11.8 Å². The van der Waals surface area contributed by atoms with E-state index >= 15 is 0 Å². The highest BCUT2D eigenvalue weighted by molar-refractivity contribution is 8.04. The van der Waals surface area contributed by atoms with Gasteiger partial charge in [0, 0.05) is 7.05 Å². The molecule has 6 heteroatoms. The van der Waals surface area contributed by atoms with Crippen molar-refractivity contribution >= 4 is 21.6 Å². The highest BCUT2D eigenvalue weighted by Gasteiger charge is 2.23. The van der Waals surface area contributed by atoms with Gasteiger partial charge in [-0.25, -0.2) is 8.42 Å². The molecule has 0 spiro atoms. The van der Waals surface area contributed by atoms with E-state index in [1.165, 1.54) is 23.9 Å². The van der Waals surface area contributed by atoms with Gasteiger partial charge in [0.2, 0.25) is 9.84 Å². The Morgan fingerprint density at radius 3 is 2.35 bits per heavy atom. The van der Waals surface area contributed by atoms with Crippen LogP contribution in [0.4, 0.5) is 0 Å². The number of thioether (sulfide) groups is 1. The number of nitriles is 1. The zero-order valence-corrected chi connectivity index (χ0v) is 11.1. The molecule has 0 aliphatic carbocycles. The molecule has 0 aromatic heterocycles. The van der Waals surface area contributed by atoms with Gasteiger partial charge in [-0.3, -0.25) is 0 Å². The molecule has 1 aromatic carbocycles. The first kappa shape index (κ1) is 13.6. The summed E-state index contributed by atoms with van der Waals surface area (Å²) in [5.74, 6) is 0. The summed E-state index contributed by atoms with van der Waals surface area (Å²) < 4.78 is 24.4. The molecule has 0 aliphatic heterocycles. The topological polar surface area (TPSA) is 70.0 Å². The average Bonchev–Trinajstić information content (AvgIpc) is 2.36. The van der Waals surface area contributed by atoms with Crippen molar-refractivity contribution in [2.24, 2.45) is 0 Å². The molecule has 0 aliphatic rings. The monoisotopic (exact) mass is 268 g/mol. The van der Waals surface area contributed by atoms with Gasteiger partial charge in [0.05, 0.1) is 9.92 Å². The molecule has 0 fully saturated rings. The zero-order valence-electron chi connectivity index (χ0n) is 9.47. The number of hydrogen-bond acceptors (Lipinski definition) is 5. The minimum absolute atomic E-state index is 0.123. The summed E-state index contributed by atoms with van der Waals surface area (Å²) in [4.78, 5) is -0.128. The van der Waals surface area contributed by atoms with Gasteiger partial charge in [0.15, 0.2) is 4.91 Å². The van der Waals surface area contributed by atoms with E-state index in [9.17, 15) is 8.42 Å². The highest BCUT2D eigenvalue weighted by Crippen LogP contribution is 2.24. The standard InChI is InChI=1S/C11H12N2O2S2/c1-13-11(16-2)10(8-12)17(14,15)9-6-4-3-5-7-9/h3-7,13H,1-2H3/b11-10-. The van der Waals surface area contributed by atoms with Crippen LogP contribution in [0.25, 0.3) is 0 Å². The van der Waals surface area contributed by atoms with Crippen molar-refractivity contribution in [2.45, 2.75) is 4.90 Å². The van der Waals surface area contributed by atoms with Gasteiger partial charge in [-0.15, -0.1) is 11.8 Å². The van der Waals surface area contributed by atoms with Crippen molar-refractivity contribution in [1.29, 1.82) is 5.26 Å². The third kappa shape index (κ3) is 2.81. The maximum absolute atomic E-state index is 12.2. The molecule has 1 aromatic rings. The van der Waals surface area contributed by atoms with E-state index in [0.717, 1.165) is 0 Å². The number of allylic oxidation sites excluding steroid dienone is 1. The second kappa shape index (κ2) is 5.75. The average molecular weight is 268 g/mol. The van der Waals surface area contributed by atoms with E-state index < -0.39 is 9.84 Å². The van der Waals surface area contributed by atoms with Crippen molar-refractivity contribution in [3.8, 4) is 6.07 Å². The van der Waals surface area contributed by atoms with Crippen LogP contribution in [-0.4, -0.2) is 21.7 Å². The maximum Gasteiger partial charge on any atom is 0.219 e. The molecule has 17 heavy (non-hydrogen) atoms. The molecule has 4 nitrogen and oxygen atoms in total. The van der Waals surface area contributed by atoms with E-state index in [0.29, 0.717) is 5.03 Å². The Bertz CT molecular complexity index is 551. The summed E-state index contributed by atoms with van der Waals surface area (Å²) in [5.41, 5.74) is 0. The maximum atomic E-state index is 12.2. The van der Waals surface area contributed by atoms with Gasteiger partial charge in [0.25, 0.3) is 0 Å². The molecule has 0 unspecified atom stereocenters. The Kier molecular flexibility index (Phi) is 4.61. The van der Waals surface area contributed by atoms with E-state index in [4.69, 9.17) is 5.26 Å². The summed E-state index contributed by atoms with van der Waals surface area (Å²) in [6.07, 6.45) is 1.71. The molecular weight excluding hydrogens is 256 g/mol. The first-order valence-electron chi connectivity index (χ1n) is 4.74. The fourth-order valence-corrected chi connectivity index (χ4v) is 3.49. The quantitative estimate of drug-likeness (QED) is 0.842. The molecule has 0 bridgehead atoms. The van der Waals surface area contributed by atoms with E-state index in [1.54, 1.807) is 37.6 Å². The third-order valence-corrected chi connectivity index (χ3v) is 4.73. The summed E-state index contributed by atoms with van der Waals surface area (Å²) in [5, 5.41) is 12.1. The Morgan fingerprint density at radius 1 is 1.35 bits per heavy atom. The number of rotatable bonds is 4. The van der Waals surface area contributed by atoms with Crippen LogP contribution in [0.15, 0.2) is 45.2 Å². The zero-order chi connectivity index (χ0) is 12.9. The summed E-state index contributed by atoms with van der Waals surface area (Å²) in [6, 6.07) is 9.67. The van der Waals surface area contributed by atoms with Crippen LogP contribution in [0, 0.1) is 11.3 Å². The second-order valence-corrected chi connectivity index (χ2v) is 5.74. The van der Waals surface area contributed by atoms with Crippen LogP contribution in [-0.2, 0) is 9.84 Å². The lowest BCUT2D eigenvalue weighted by atomic mass is 10.4. The molecule has 0 saturated heterocycles. The van der Waals surface area contributed by atoms with Crippen molar-refractivity contribution in [3.63, 3.8) is 0 Å². The number of nitrogens with one attached hydrogen (secondary N) is 1. The number of hydrogen-bond donors (Lipinski definition) is 1. The smallest absolute Gasteiger partial charge is 0.219 e. The fourth-order valence-electron chi connectivity index (χ4n) is 1.26. The van der Waals surface area contributed by atoms with Gasteiger partial charge in [-0.05, 0) is 18.4 Å². The molecule has 0 heterocycles. The molecule has 0 amide bonds. The second-order valence-electron chi connectivity index (χ2n) is 3.04. The molecule has 90 valence electrons. The fraction of sp³-hybridized carbons (Fsp3) is 0.182. The van der Waals surface area contributed by atoms with E-state index in [-0.39, 0.29) is 9.80 Å². The first-order valence-corrected chi connectivity index (χ1v) is 7.45. The molecule has 0 saturated carbocycles. The Morgan fingerprint density at radius 2 is 1.94 bits per heavy atom.